The van der Waals surface area contributed by atoms with Gasteiger partial charge < -0.3 is 10.2 Å². The van der Waals surface area contributed by atoms with E-state index in [1.807, 2.05) is 0 Å². The molecule has 1 aliphatic rings. The molecule has 0 bridgehead atoms. The molecule has 1 heterocycles. The fourth-order valence-corrected chi connectivity index (χ4v) is 2.38. The van der Waals surface area contributed by atoms with Gasteiger partial charge >= 0.3 is 0 Å². The first kappa shape index (κ1) is 13.3. The summed E-state index contributed by atoms with van der Waals surface area (Å²) in [6.07, 6.45) is 2.65. The average molecular weight is 246 g/mol. The third-order valence-corrected chi connectivity index (χ3v) is 3.73. The molecule has 1 aromatic carbocycles. The number of hydrogen-bond acceptors (Lipinski definition) is 2. The first-order valence-corrected chi connectivity index (χ1v) is 7.24. The van der Waals surface area contributed by atoms with Gasteiger partial charge in [0.15, 0.2) is 0 Å². The van der Waals surface area contributed by atoms with Crippen LogP contribution in [-0.2, 0) is 0 Å². The van der Waals surface area contributed by atoms with E-state index in [0.29, 0.717) is 5.92 Å². The Balaban J connectivity index is 1.91. The van der Waals surface area contributed by atoms with E-state index in [1.54, 1.807) is 0 Å². The lowest BCUT2D eigenvalue weighted by molar-refractivity contribution is 0.438. The second kappa shape index (κ2) is 6.12. The highest BCUT2D eigenvalue weighted by molar-refractivity contribution is 5.55. The normalized spacial score (nSPS) is 17.2. The van der Waals surface area contributed by atoms with E-state index in [0.717, 1.165) is 12.5 Å². The van der Waals surface area contributed by atoms with E-state index in [4.69, 9.17) is 0 Å². The summed E-state index contributed by atoms with van der Waals surface area (Å²) in [6.45, 7) is 10.3. The number of nitrogens with zero attached hydrogens (tertiary/aromatic N) is 1. The Bertz CT molecular complexity index is 348. The number of anilines is 2. The third kappa shape index (κ3) is 3.66. The van der Waals surface area contributed by atoms with Crippen LogP contribution < -0.4 is 10.2 Å². The molecule has 1 N–H and O–H groups in total. The van der Waals surface area contributed by atoms with Crippen molar-refractivity contribution in [2.24, 2.45) is 11.8 Å². The van der Waals surface area contributed by atoms with Crippen LogP contribution in [0.4, 0.5) is 11.4 Å². The lowest BCUT2D eigenvalue weighted by Crippen LogP contribution is -2.32. The molecular formula is C16H26N2. The molecule has 2 nitrogen and oxygen atoms in total. The highest BCUT2D eigenvalue weighted by Gasteiger charge is 2.15. The molecule has 2 heteroatoms. The smallest absolute Gasteiger partial charge is 0.0367 e. The Morgan fingerprint density at radius 2 is 1.78 bits per heavy atom. The molecule has 1 aliphatic heterocycles. The Morgan fingerprint density at radius 1 is 1.17 bits per heavy atom. The standard InChI is InChI=1S/C16H26N2/c1-13(2)12-17-15-4-6-16(7-5-15)18-10-8-14(3)9-11-18/h4-7,13-14,17H,8-12H2,1-3H3. The molecule has 0 aromatic heterocycles. The van der Waals surface area contributed by atoms with Crippen molar-refractivity contribution in [1.82, 2.24) is 0 Å². The molecule has 1 saturated heterocycles. The summed E-state index contributed by atoms with van der Waals surface area (Å²) >= 11 is 0. The predicted octanol–water partition coefficient (Wildman–Crippen LogP) is 3.99. The number of piperidine rings is 1. The van der Waals surface area contributed by atoms with Gasteiger partial charge in [0.2, 0.25) is 0 Å². The molecule has 18 heavy (non-hydrogen) atoms. The van der Waals surface area contributed by atoms with Crippen molar-refractivity contribution in [2.75, 3.05) is 29.9 Å². The Kier molecular flexibility index (Phi) is 4.51. The lowest BCUT2D eigenvalue weighted by atomic mass is 9.99. The van der Waals surface area contributed by atoms with Gasteiger partial charge in [-0.05, 0) is 48.9 Å². The maximum absolute atomic E-state index is 3.46. The molecule has 0 atom stereocenters. The molecule has 100 valence electrons. The maximum atomic E-state index is 3.46. The van der Waals surface area contributed by atoms with Crippen molar-refractivity contribution >= 4 is 11.4 Å². The van der Waals surface area contributed by atoms with E-state index in [-0.39, 0.29) is 0 Å². The minimum absolute atomic E-state index is 0.688. The fraction of sp³-hybridized carbons (Fsp3) is 0.625. The van der Waals surface area contributed by atoms with Gasteiger partial charge in [-0.15, -0.1) is 0 Å². The molecule has 0 amide bonds. The molecule has 0 saturated carbocycles. The number of benzene rings is 1. The second-order valence-corrected chi connectivity index (χ2v) is 5.99. The van der Waals surface area contributed by atoms with E-state index in [9.17, 15) is 0 Å². The van der Waals surface area contributed by atoms with E-state index < -0.39 is 0 Å². The minimum Gasteiger partial charge on any atom is -0.385 e. The largest absolute Gasteiger partial charge is 0.385 e. The van der Waals surface area contributed by atoms with Crippen LogP contribution in [0.3, 0.4) is 0 Å². The summed E-state index contributed by atoms with van der Waals surface area (Å²) in [7, 11) is 0. The quantitative estimate of drug-likeness (QED) is 0.864. The molecule has 0 spiro atoms. The van der Waals surface area contributed by atoms with Gasteiger partial charge in [-0.25, -0.2) is 0 Å². The Hall–Kier alpha value is -1.18. The molecular weight excluding hydrogens is 220 g/mol. The van der Waals surface area contributed by atoms with Crippen LogP contribution in [0, 0.1) is 11.8 Å². The van der Waals surface area contributed by atoms with Crippen molar-refractivity contribution in [1.29, 1.82) is 0 Å². The first-order valence-electron chi connectivity index (χ1n) is 7.24. The maximum Gasteiger partial charge on any atom is 0.0367 e. The highest BCUT2D eigenvalue weighted by atomic mass is 15.1. The summed E-state index contributed by atoms with van der Waals surface area (Å²) in [5, 5.41) is 3.46. The summed E-state index contributed by atoms with van der Waals surface area (Å²) in [5.41, 5.74) is 2.61. The van der Waals surface area contributed by atoms with Gasteiger partial charge in [-0.3, -0.25) is 0 Å². The zero-order valence-corrected chi connectivity index (χ0v) is 11.9. The monoisotopic (exact) mass is 246 g/mol. The highest BCUT2D eigenvalue weighted by Crippen LogP contribution is 2.24. The molecule has 0 radical (unpaired) electrons. The molecule has 1 fully saturated rings. The summed E-state index contributed by atoms with van der Waals surface area (Å²) in [5.74, 6) is 1.58. The predicted molar refractivity (Wildman–Crippen MR) is 80.4 cm³/mol. The molecule has 0 aliphatic carbocycles. The van der Waals surface area contributed by atoms with Gasteiger partial charge in [0.1, 0.15) is 0 Å². The van der Waals surface area contributed by atoms with E-state index in [1.165, 1.54) is 37.3 Å². The Morgan fingerprint density at radius 3 is 2.33 bits per heavy atom. The van der Waals surface area contributed by atoms with Gasteiger partial charge in [0.05, 0.1) is 0 Å². The first-order chi connectivity index (χ1) is 8.65. The number of hydrogen-bond donors (Lipinski definition) is 1. The topological polar surface area (TPSA) is 15.3 Å². The summed E-state index contributed by atoms with van der Waals surface area (Å²) in [6, 6.07) is 8.91. The molecule has 1 aromatic rings. The van der Waals surface area contributed by atoms with Gasteiger partial charge in [0.25, 0.3) is 0 Å². The van der Waals surface area contributed by atoms with Crippen molar-refractivity contribution in [3.63, 3.8) is 0 Å². The van der Waals surface area contributed by atoms with Crippen LogP contribution in [0.2, 0.25) is 0 Å². The van der Waals surface area contributed by atoms with Crippen LogP contribution >= 0.6 is 0 Å². The number of rotatable bonds is 4. The van der Waals surface area contributed by atoms with Gasteiger partial charge in [0, 0.05) is 31.0 Å². The third-order valence-electron chi connectivity index (χ3n) is 3.73. The van der Waals surface area contributed by atoms with Gasteiger partial charge in [-0.1, -0.05) is 20.8 Å². The molecule has 2 rings (SSSR count). The Labute approximate surface area is 111 Å². The van der Waals surface area contributed by atoms with Gasteiger partial charge in [-0.2, -0.15) is 0 Å². The zero-order chi connectivity index (χ0) is 13.0. The van der Waals surface area contributed by atoms with Crippen LogP contribution in [-0.4, -0.2) is 19.6 Å². The minimum atomic E-state index is 0.688. The van der Waals surface area contributed by atoms with Crippen LogP contribution in [0.1, 0.15) is 33.6 Å². The van der Waals surface area contributed by atoms with Crippen LogP contribution in [0.25, 0.3) is 0 Å². The summed E-state index contributed by atoms with van der Waals surface area (Å²) < 4.78 is 0. The van der Waals surface area contributed by atoms with Crippen molar-refractivity contribution in [3.05, 3.63) is 24.3 Å². The van der Waals surface area contributed by atoms with E-state index in [2.05, 4.69) is 55.3 Å². The fourth-order valence-electron chi connectivity index (χ4n) is 2.38. The SMILES string of the molecule is CC(C)CNc1ccc(N2CCC(C)CC2)cc1. The van der Waals surface area contributed by atoms with Crippen LogP contribution in [0.15, 0.2) is 24.3 Å². The van der Waals surface area contributed by atoms with Crippen molar-refractivity contribution < 1.29 is 0 Å². The van der Waals surface area contributed by atoms with E-state index >= 15 is 0 Å². The average Bonchev–Trinajstić information content (AvgIpc) is 2.38. The summed E-state index contributed by atoms with van der Waals surface area (Å²) in [4.78, 5) is 2.51. The second-order valence-electron chi connectivity index (χ2n) is 5.99. The van der Waals surface area contributed by atoms with Crippen molar-refractivity contribution in [2.45, 2.75) is 33.6 Å². The number of nitrogens with one attached hydrogen (secondary N) is 1. The van der Waals surface area contributed by atoms with Crippen LogP contribution in [0.5, 0.6) is 0 Å². The molecule has 0 unspecified atom stereocenters. The lowest BCUT2D eigenvalue weighted by Gasteiger charge is -2.32. The van der Waals surface area contributed by atoms with Crippen molar-refractivity contribution in [3.8, 4) is 0 Å². The zero-order valence-electron chi connectivity index (χ0n) is 11.9.